The van der Waals surface area contributed by atoms with Crippen LogP contribution < -0.4 is 5.73 Å². The number of anilines is 1. The van der Waals surface area contributed by atoms with Crippen LogP contribution in [0.3, 0.4) is 0 Å². The molecule has 1 unspecified atom stereocenters. The Kier molecular flexibility index (Phi) is 3.29. The summed E-state index contributed by atoms with van der Waals surface area (Å²) in [4.78, 5) is 15.4. The van der Waals surface area contributed by atoms with Gasteiger partial charge < -0.3 is 14.9 Å². The number of aromatic nitrogens is 1. The first kappa shape index (κ1) is 12.9. The number of nitrogen functional groups attached to an aromatic ring is 1. The fourth-order valence-electron chi connectivity index (χ4n) is 1.86. The van der Waals surface area contributed by atoms with Gasteiger partial charge in [-0.3, -0.25) is 0 Å². The molecule has 8 heteroatoms. The summed E-state index contributed by atoms with van der Waals surface area (Å²) < 4.78 is 32.6. The SMILES string of the molecule is CCOC(=O)c1nc(C2CCS(=O)(=O)C2)oc1N. The van der Waals surface area contributed by atoms with Crippen molar-refractivity contribution in [1.82, 2.24) is 4.98 Å². The zero-order valence-corrected chi connectivity index (χ0v) is 10.7. The second-order valence-electron chi connectivity index (χ2n) is 4.09. The third kappa shape index (κ3) is 2.47. The van der Waals surface area contributed by atoms with Crippen molar-refractivity contribution in [2.75, 3.05) is 23.8 Å². The first-order chi connectivity index (χ1) is 8.43. The lowest BCUT2D eigenvalue weighted by Gasteiger charge is -1.99. The van der Waals surface area contributed by atoms with E-state index in [1.54, 1.807) is 6.92 Å². The first-order valence-corrected chi connectivity index (χ1v) is 7.39. The summed E-state index contributed by atoms with van der Waals surface area (Å²) in [5, 5.41) is 0. The van der Waals surface area contributed by atoms with Crippen molar-refractivity contribution in [1.29, 1.82) is 0 Å². The molecular weight excluding hydrogens is 260 g/mol. The Bertz CT molecular complexity index is 563. The molecule has 0 bridgehead atoms. The highest BCUT2D eigenvalue weighted by atomic mass is 32.2. The zero-order valence-electron chi connectivity index (χ0n) is 9.88. The third-order valence-electron chi connectivity index (χ3n) is 2.72. The lowest BCUT2D eigenvalue weighted by atomic mass is 10.1. The van der Waals surface area contributed by atoms with Crippen molar-refractivity contribution in [3.8, 4) is 0 Å². The van der Waals surface area contributed by atoms with Gasteiger partial charge in [0.1, 0.15) is 0 Å². The van der Waals surface area contributed by atoms with Crippen LogP contribution in [0, 0.1) is 0 Å². The molecule has 0 aromatic carbocycles. The first-order valence-electron chi connectivity index (χ1n) is 5.56. The molecule has 0 saturated carbocycles. The van der Waals surface area contributed by atoms with Gasteiger partial charge in [0.25, 0.3) is 0 Å². The van der Waals surface area contributed by atoms with E-state index in [2.05, 4.69) is 4.98 Å². The van der Waals surface area contributed by atoms with Crippen molar-refractivity contribution in [2.45, 2.75) is 19.3 Å². The van der Waals surface area contributed by atoms with E-state index in [1.807, 2.05) is 0 Å². The second-order valence-corrected chi connectivity index (χ2v) is 6.31. The number of nitrogens with two attached hydrogens (primary N) is 1. The molecule has 1 aliphatic heterocycles. The maximum absolute atomic E-state index is 11.5. The van der Waals surface area contributed by atoms with E-state index in [0.29, 0.717) is 6.42 Å². The number of nitrogens with zero attached hydrogens (tertiary/aromatic N) is 1. The molecule has 2 rings (SSSR count). The molecule has 1 saturated heterocycles. The van der Waals surface area contributed by atoms with Crippen LogP contribution >= 0.6 is 0 Å². The van der Waals surface area contributed by atoms with E-state index >= 15 is 0 Å². The van der Waals surface area contributed by atoms with Crippen LogP contribution in [0.1, 0.15) is 35.6 Å². The molecule has 0 spiro atoms. The Labute approximate surface area is 104 Å². The zero-order chi connectivity index (χ0) is 13.3. The smallest absolute Gasteiger partial charge is 0.362 e. The third-order valence-corrected chi connectivity index (χ3v) is 4.49. The van der Waals surface area contributed by atoms with Crippen molar-refractivity contribution in [3.63, 3.8) is 0 Å². The van der Waals surface area contributed by atoms with E-state index in [4.69, 9.17) is 14.9 Å². The highest BCUT2D eigenvalue weighted by Gasteiger charge is 2.34. The van der Waals surface area contributed by atoms with Crippen molar-refractivity contribution < 1.29 is 22.4 Å². The minimum atomic E-state index is -3.03. The van der Waals surface area contributed by atoms with Gasteiger partial charge in [0.05, 0.1) is 24.0 Å². The highest BCUT2D eigenvalue weighted by Crippen LogP contribution is 2.30. The highest BCUT2D eigenvalue weighted by molar-refractivity contribution is 7.91. The van der Waals surface area contributed by atoms with Gasteiger partial charge >= 0.3 is 5.97 Å². The fourth-order valence-corrected chi connectivity index (χ4v) is 3.59. The predicted octanol–water partition coefficient (Wildman–Crippen LogP) is 0.336. The number of esters is 1. The summed E-state index contributed by atoms with van der Waals surface area (Å²) in [5.74, 6) is -0.847. The molecule has 1 aromatic heterocycles. The molecule has 100 valence electrons. The monoisotopic (exact) mass is 274 g/mol. The molecule has 1 aliphatic rings. The standard InChI is InChI=1S/C10H14N2O5S/c1-2-16-10(13)7-8(11)17-9(12-7)6-3-4-18(14,15)5-6/h6H,2-5,11H2,1H3. The topological polar surface area (TPSA) is 112 Å². The molecule has 0 radical (unpaired) electrons. The Morgan fingerprint density at radius 2 is 2.33 bits per heavy atom. The van der Waals surface area contributed by atoms with Gasteiger partial charge in [0, 0.05) is 0 Å². The van der Waals surface area contributed by atoms with Gasteiger partial charge in [-0.25, -0.2) is 18.2 Å². The fraction of sp³-hybridized carbons (Fsp3) is 0.600. The van der Waals surface area contributed by atoms with Gasteiger partial charge in [-0.05, 0) is 13.3 Å². The molecule has 7 nitrogen and oxygen atoms in total. The number of ether oxygens (including phenoxy) is 1. The Balaban J connectivity index is 2.22. The van der Waals surface area contributed by atoms with E-state index in [0.717, 1.165) is 0 Å². The number of rotatable bonds is 3. The van der Waals surface area contributed by atoms with Gasteiger partial charge in [0.2, 0.25) is 17.5 Å². The van der Waals surface area contributed by atoms with Crippen LogP contribution in [0.15, 0.2) is 4.42 Å². The van der Waals surface area contributed by atoms with Crippen LogP contribution in [0.4, 0.5) is 5.88 Å². The summed E-state index contributed by atoms with van der Waals surface area (Å²) in [6.45, 7) is 1.87. The number of carbonyl (C=O) groups is 1. The minimum Gasteiger partial charge on any atom is -0.461 e. The summed E-state index contributed by atoms with van der Waals surface area (Å²) in [6.07, 6.45) is 0.435. The predicted molar refractivity (Wildman–Crippen MR) is 62.9 cm³/mol. The van der Waals surface area contributed by atoms with Crippen molar-refractivity contribution in [3.05, 3.63) is 11.6 Å². The van der Waals surface area contributed by atoms with Crippen molar-refractivity contribution >= 4 is 21.7 Å². The van der Waals surface area contributed by atoms with Gasteiger partial charge in [-0.15, -0.1) is 0 Å². The molecule has 2 heterocycles. The summed E-state index contributed by atoms with van der Waals surface area (Å²) in [7, 11) is -3.03. The summed E-state index contributed by atoms with van der Waals surface area (Å²) in [5.41, 5.74) is 5.44. The molecule has 0 aliphatic carbocycles. The number of hydrogen-bond acceptors (Lipinski definition) is 7. The van der Waals surface area contributed by atoms with Crippen LogP contribution in [-0.2, 0) is 14.6 Å². The molecule has 1 aromatic rings. The lowest BCUT2D eigenvalue weighted by Crippen LogP contribution is -2.08. The molecule has 2 N–H and O–H groups in total. The summed E-state index contributed by atoms with van der Waals surface area (Å²) in [6, 6.07) is 0. The maximum Gasteiger partial charge on any atom is 0.362 e. The minimum absolute atomic E-state index is 0.0186. The van der Waals surface area contributed by atoms with Crippen molar-refractivity contribution in [2.24, 2.45) is 0 Å². The average molecular weight is 274 g/mol. The second kappa shape index (κ2) is 4.60. The Morgan fingerprint density at radius 1 is 1.61 bits per heavy atom. The Morgan fingerprint density at radius 3 is 2.89 bits per heavy atom. The average Bonchev–Trinajstić information content (AvgIpc) is 2.82. The van der Waals surface area contributed by atoms with Crippen LogP contribution in [-0.4, -0.2) is 37.5 Å². The lowest BCUT2D eigenvalue weighted by molar-refractivity contribution is 0.0521. The Hall–Kier alpha value is -1.57. The number of hydrogen-bond donors (Lipinski definition) is 1. The van der Waals surface area contributed by atoms with Gasteiger partial charge in [0.15, 0.2) is 9.84 Å². The normalized spacial score (nSPS) is 21.9. The van der Waals surface area contributed by atoms with Gasteiger partial charge in [-0.2, -0.15) is 0 Å². The maximum atomic E-state index is 11.5. The molecule has 0 amide bonds. The van der Waals surface area contributed by atoms with E-state index < -0.39 is 15.8 Å². The molecule has 1 atom stereocenters. The molecule has 1 fully saturated rings. The van der Waals surface area contributed by atoms with Crippen LogP contribution in [0.25, 0.3) is 0 Å². The number of sulfone groups is 1. The van der Waals surface area contributed by atoms with E-state index in [-0.39, 0.29) is 41.5 Å². The number of oxazole rings is 1. The quantitative estimate of drug-likeness (QED) is 0.790. The van der Waals surface area contributed by atoms with Crippen LogP contribution in [0.2, 0.25) is 0 Å². The summed E-state index contributed by atoms with van der Waals surface area (Å²) >= 11 is 0. The largest absolute Gasteiger partial charge is 0.461 e. The van der Waals surface area contributed by atoms with Crippen LogP contribution in [0.5, 0.6) is 0 Å². The number of carbonyl (C=O) groups excluding carboxylic acids is 1. The molecular formula is C10H14N2O5S. The van der Waals surface area contributed by atoms with E-state index in [1.165, 1.54) is 0 Å². The van der Waals surface area contributed by atoms with Gasteiger partial charge in [-0.1, -0.05) is 0 Å². The molecule has 18 heavy (non-hydrogen) atoms. The van der Waals surface area contributed by atoms with E-state index in [9.17, 15) is 13.2 Å².